The van der Waals surface area contributed by atoms with Crippen molar-refractivity contribution >= 4 is 27.6 Å². The van der Waals surface area contributed by atoms with Crippen molar-refractivity contribution in [1.29, 1.82) is 0 Å². The lowest BCUT2D eigenvalue weighted by Crippen LogP contribution is -2.24. The molecule has 0 aliphatic heterocycles. The van der Waals surface area contributed by atoms with Crippen LogP contribution in [-0.2, 0) is 9.53 Å². The normalized spacial score (nSPS) is 11.2. The molecule has 0 bridgehead atoms. The van der Waals surface area contributed by atoms with Gasteiger partial charge in [-0.3, -0.25) is 4.79 Å². The van der Waals surface area contributed by atoms with E-state index in [9.17, 15) is 4.79 Å². The predicted molar refractivity (Wildman–Crippen MR) is 78.5 cm³/mol. The monoisotopic (exact) mass is 279 g/mol. The average Bonchev–Trinajstić information content (AvgIpc) is 2.23. The molecular formula is C12H25NO2S2. The van der Waals surface area contributed by atoms with E-state index in [4.69, 9.17) is 4.74 Å². The van der Waals surface area contributed by atoms with Crippen molar-refractivity contribution in [2.45, 2.75) is 51.8 Å². The van der Waals surface area contributed by atoms with E-state index >= 15 is 0 Å². The first-order valence-electron chi connectivity index (χ1n) is 6.19. The standard InChI is InChI=1S/C12H25NO2S2/c1-10(2)13-7-5-6-12(14)15-8-9-16-17-11(3)4/h10-11,13H,5-9H2,1-4H3. The molecule has 0 saturated heterocycles. The molecule has 0 aromatic rings. The summed E-state index contributed by atoms with van der Waals surface area (Å²) < 4.78 is 5.13. The highest BCUT2D eigenvalue weighted by Crippen LogP contribution is 2.25. The summed E-state index contributed by atoms with van der Waals surface area (Å²) in [4.78, 5) is 11.3. The molecule has 0 amide bonds. The Kier molecular flexibility index (Phi) is 11.3. The molecule has 1 N–H and O–H groups in total. The van der Waals surface area contributed by atoms with Crippen LogP contribution in [0.5, 0.6) is 0 Å². The van der Waals surface area contributed by atoms with Crippen LogP contribution in [0.25, 0.3) is 0 Å². The van der Waals surface area contributed by atoms with Crippen LogP contribution in [0.4, 0.5) is 0 Å². The maximum Gasteiger partial charge on any atom is 0.305 e. The maximum atomic E-state index is 11.3. The minimum atomic E-state index is -0.0781. The summed E-state index contributed by atoms with van der Waals surface area (Å²) in [6.45, 7) is 9.92. The van der Waals surface area contributed by atoms with E-state index in [0.29, 0.717) is 24.3 Å². The summed E-state index contributed by atoms with van der Waals surface area (Å²) >= 11 is 0. The Bertz CT molecular complexity index is 199. The molecule has 3 nitrogen and oxygen atoms in total. The third-order valence-electron chi connectivity index (χ3n) is 1.80. The Labute approximate surface area is 113 Å². The molecule has 5 heteroatoms. The Hall–Kier alpha value is 0.130. The number of carbonyl (C=O) groups is 1. The molecule has 0 aromatic heterocycles. The third-order valence-corrected chi connectivity index (χ3v) is 4.72. The molecule has 0 aromatic carbocycles. The topological polar surface area (TPSA) is 38.3 Å². The zero-order chi connectivity index (χ0) is 13.1. The number of esters is 1. The number of carbonyl (C=O) groups excluding carboxylic acids is 1. The summed E-state index contributed by atoms with van der Waals surface area (Å²) in [5.74, 6) is 0.796. The number of nitrogens with one attached hydrogen (secondary N) is 1. The van der Waals surface area contributed by atoms with Crippen molar-refractivity contribution in [3.8, 4) is 0 Å². The highest BCUT2D eigenvalue weighted by molar-refractivity contribution is 8.76. The average molecular weight is 279 g/mol. The summed E-state index contributed by atoms with van der Waals surface area (Å²) in [6.07, 6.45) is 1.37. The summed E-state index contributed by atoms with van der Waals surface area (Å²) in [5, 5.41) is 3.90. The maximum absolute atomic E-state index is 11.3. The van der Waals surface area contributed by atoms with Gasteiger partial charge in [-0.15, -0.1) is 0 Å². The predicted octanol–water partition coefficient (Wildman–Crippen LogP) is 3.10. The Balaban J connectivity index is 3.23. The first kappa shape index (κ1) is 17.1. The molecule has 17 heavy (non-hydrogen) atoms. The zero-order valence-electron chi connectivity index (χ0n) is 11.3. The number of hydrogen-bond donors (Lipinski definition) is 1. The van der Waals surface area contributed by atoms with Gasteiger partial charge in [0, 0.05) is 23.5 Å². The van der Waals surface area contributed by atoms with Crippen LogP contribution >= 0.6 is 21.6 Å². The van der Waals surface area contributed by atoms with Crippen molar-refractivity contribution in [3.05, 3.63) is 0 Å². The van der Waals surface area contributed by atoms with Gasteiger partial charge in [0.1, 0.15) is 6.61 Å². The van der Waals surface area contributed by atoms with Crippen molar-refractivity contribution < 1.29 is 9.53 Å². The van der Waals surface area contributed by atoms with E-state index in [1.54, 1.807) is 10.8 Å². The van der Waals surface area contributed by atoms with E-state index in [1.165, 1.54) is 0 Å². The largest absolute Gasteiger partial charge is 0.465 e. The van der Waals surface area contributed by atoms with E-state index in [2.05, 4.69) is 33.0 Å². The van der Waals surface area contributed by atoms with E-state index in [-0.39, 0.29) is 5.97 Å². The van der Waals surface area contributed by atoms with Gasteiger partial charge < -0.3 is 10.1 Å². The number of ether oxygens (including phenoxy) is 1. The number of hydrogen-bond acceptors (Lipinski definition) is 5. The van der Waals surface area contributed by atoms with Crippen LogP contribution in [-0.4, -0.2) is 36.2 Å². The van der Waals surface area contributed by atoms with Gasteiger partial charge in [-0.2, -0.15) is 0 Å². The minimum absolute atomic E-state index is 0.0781. The highest BCUT2D eigenvalue weighted by atomic mass is 33.1. The zero-order valence-corrected chi connectivity index (χ0v) is 13.0. The first-order chi connectivity index (χ1) is 8.02. The van der Waals surface area contributed by atoms with Crippen molar-refractivity contribution in [1.82, 2.24) is 5.32 Å². The van der Waals surface area contributed by atoms with Crippen LogP contribution in [0.2, 0.25) is 0 Å². The fourth-order valence-corrected chi connectivity index (χ4v) is 2.90. The minimum Gasteiger partial charge on any atom is -0.465 e. The second-order valence-electron chi connectivity index (χ2n) is 4.40. The molecule has 0 unspecified atom stereocenters. The molecule has 0 heterocycles. The Morgan fingerprint density at radius 2 is 2.00 bits per heavy atom. The molecule has 0 aliphatic rings. The van der Waals surface area contributed by atoms with Crippen molar-refractivity contribution in [2.75, 3.05) is 18.9 Å². The quantitative estimate of drug-likeness (QED) is 0.378. The summed E-state index contributed by atoms with van der Waals surface area (Å²) in [7, 11) is 3.59. The lowest BCUT2D eigenvalue weighted by atomic mass is 10.3. The summed E-state index contributed by atoms with van der Waals surface area (Å²) in [6, 6.07) is 0.482. The fourth-order valence-electron chi connectivity index (χ4n) is 1.07. The van der Waals surface area contributed by atoms with Gasteiger partial charge in [0.15, 0.2) is 0 Å². The fraction of sp³-hybridized carbons (Fsp3) is 0.917. The molecule has 0 radical (unpaired) electrons. The van der Waals surface area contributed by atoms with E-state index < -0.39 is 0 Å². The molecular weight excluding hydrogens is 254 g/mol. The third kappa shape index (κ3) is 14.1. The van der Waals surface area contributed by atoms with Gasteiger partial charge in [0.2, 0.25) is 0 Å². The van der Waals surface area contributed by atoms with Crippen LogP contribution in [0.15, 0.2) is 0 Å². The van der Waals surface area contributed by atoms with Crippen LogP contribution < -0.4 is 5.32 Å². The molecule has 0 rings (SSSR count). The second-order valence-corrected chi connectivity index (χ2v) is 7.46. The van der Waals surface area contributed by atoms with Gasteiger partial charge in [0.25, 0.3) is 0 Å². The Morgan fingerprint density at radius 1 is 1.29 bits per heavy atom. The lowest BCUT2D eigenvalue weighted by Gasteiger charge is -2.08. The van der Waals surface area contributed by atoms with Crippen molar-refractivity contribution in [2.24, 2.45) is 0 Å². The summed E-state index contributed by atoms with van der Waals surface area (Å²) in [5.41, 5.74) is 0. The first-order valence-corrected chi connectivity index (χ1v) is 8.58. The van der Waals surface area contributed by atoms with Gasteiger partial charge in [0.05, 0.1) is 0 Å². The SMILES string of the molecule is CC(C)NCCCC(=O)OCCSSC(C)C. The van der Waals surface area contributed by atoms with E-state index in [1.807, 2.05) is 10.8 Å². The molecule has 0 atom stereocenters. The van der Waals surface area contributed by atoms with Crippen LogP contribution in [0, 0.1) is 0 Å². The Morgan fingerprint density at radius 3 is 2.59 bits per heavy atom. The second kappa shape index (κ2) is 11.2. The molecule has 0 saturated carbocycles. The molecule has 0 fully saturated rings. The van der Waals surface area contributed by atoms with Gasteiger partial charge in [-0.1, -0.05) is 49.3 Å². The van der Waals surface area contributed by atoms with Gasteiger partial charge in [-0.05, 0) is 13.0 Å². The smallest absolute Gasteiger partial charge is 0.305 e. The van der Waals surface area contributed by atoms with Crippen LogP contribution in [0.3, 0.4) is 0 Å². The molecule has 0 spiro atoms. The lowest BCUT2D eigenvalue weighted by molar-refractivity contribution is -0.143. The van der Waals surface area contributed by atoms with Crippen LogP contribution in [0.1, 0.15) is 40.5 Å². The molecule has 102 valence electrons. The molecule has 0 aliphatic carbocycles. The van der Waals surface area contributed by atoms with E-state index in [0.717, 1.165) is 18.7 Å². The highest BCUT2D eigenvalue weighted by Gasteiger charge is 2.03. The van der Waals surface area contributed by atoms with Gasteiger partial charge >= 0.3 is 5.97 Å². The van der Waals surface area contributed by atoms with Gasteiger partial charge in [-0.25, -0.2) is 0 Å². The van der Waals surface area contributed by atoms with Crippen molar-refractivity contribution in [3.63, 3.8) is 0 Å². The number of rotatable bonds is 10.